The Morgan fingerprint density at radius 2 is 1.40 bits per heavy atom. The van der Waals surface area contributed by atoms with Crippen molar-refractivity contribution in [3.8, 4) is 0 Å². The molecule has 0 bridgehead atoms. The van der Waals surface area contributed by atoms with E-state index in [1.54, 1.807) is 12.1 Å². The first-order valence-electron chi connectivity index (χ1n) is 14.6. The number of aromatic nitrogens is 2. The third-order valence-electron chi connectivity index (χ3n) is 8.28. The van der Waals surface area contributed by atoms with Gasteiger partial charge in [-0.15, -0.1) is 0 Å². The molecule has 2 N–H and O–H groups in total. The molecular weight excluding hydrogens is 526 g/mol. The van der Waals surface area contributed by atoms with Gasteiger partial charge in [0.25, 0.3) is 5.91 Å². The number of amides is 2. The molecule has 8 nitrogen and oxygen atoms in total. The summed E-state index contributed by atoms with van der Waals surface area (Å²) >= 11 is 0. The van der Waals surface area contributed by atoms with Crippen LogP contribution in [0, 0.1) is 6.92 Å². The number of ether oxygens (including phenoxy) is 1. The Morgan fingerprint density at radius 3 is 1.88 bits per heavy atom. The fraction of sp³-hybridized carbons (Fsp3) is 0.324. The van der Waals surface area contributed by atoms with Crippen molar-refractivity contribution in [3.05, 3.63) is 125 Å². The van der Waals surface area contributed by atoms with Gasteiger partial charge < -0.3 is 15.0 Å². The molecule has 218 valence electrons. The van der Waals surface area contributed by atoms with Crippen LogP contribution in [0.3, 0.4) is 0 Å². The van der Waals surface area contributed by atoms with Gasteiger partial charge >= 0.3 is 6.09 Å². The van der Waals surface area contributed by atoms with Gasteiger partial charge in [-0.1, -0.05) is 91.0 Å². The molecule has 0 saturated carbocycles. The lowest BCUT2D eigenvalue weighted by Crippen LogP contribution is -2.48. The number of carbonyl (C=O) groups is 2. The molecule has 1 fully saturated rings. The quantitative estimate of drug-likeness (QED) is 0.250. The number of likely N-dealkylation sites (N-methyl/N-ethyl adjacent to an activating group) is 1. The number of hydrogen-bond acceptors (Lipinski definition) is 5. The van der Waals surface area contributed by atoms with E-state index < -0.39 is 17.7 Å². The van der Waals surface area contributed by atoms with Gasteiger partial charge in [0.15, 0.2) is 6.10 Å². The maximum atomic E-state index is 13.2. The van der Waals surface area contributed by atoms with Crippen molar-refractivity contribution < 1.29 is 14.3 Å². The zero-order valence-corrected chi connectivity index (χ0v) is 24.4. The number of nitrogens with two attached hydrogens (primary N) is 1. The van der Waals surface area contributed by atoms with Crippen LogP contribution in [0.1, 0.15) is 53.8 Å². The molecule has 3 aromatic carbocycles. The van der Waals surface area contributed by atoms with Gasteiger partial charge in [-0.2, -0.15) is 0 Å². The van der Waals surface area contributed by atoms with Crippen molar-refractivity contribution in [2.24, 2.45) is 5.73 Å². The zero-order valence-electron chi connectivity index (χ0n) is 24.4. The molecule has 0 radical (unpaired) electrons. The van der Waals surface area contributed by atoms with Crippen molar-refractivity contribution >= 4 is 12.0 Å². The van der Waals surface area contributed by atoms with Crippen molar-refractivity contribution in [1.82, 2.24) is 19.6 Å². The van der Waals surface area contributed by atoms with Crippen molar-refractivity contribution in [2.75, 3.05) is 20.1 Å². The number of aryl methyl sites for hydroxylation is 1. The summed E-state index contributed by atoms with van der Waals surface area (Å²) in [5.41, 5.74) is 10.0. The molecule has 2 heterocycles. The molecule has 4 aromatic rings. The minimum atomic E-state index is -0.943. The number of imidazole rings is 1. The van der Waals surface area contributed by atoms with E-state index in [4.69, 9.17) is 15.5 Å². The number of benzene rings is 3. The third kappa shape index (κ3) is 5.81. The van der Waals surface area contributed by atoms with Crippen LogP contribution in [0.4, 0.5) is 4.79 Å². The summed E-state index contributed by atoms with van der Waals surface area (Å²) in [5.74, 6) is -0.255. The largest absolute Gasteiger partial charge is 0.436 e. The number of primary amides is 1. The molecule has 1 aliphatic rings. The first-order chi connectivity index (χ1) is 20.4. The molecule has 0 aliphatic carbocycles. The van der Waals surface area contributed by atoms with Crippen LogP contribution in [0.5, 0.6) is 0 Å². The average Bonchev–Trinajstić information content (AvgIpc) is 3.69. The monoisotopic (exact) mass is 565 g/mol. The van der Waals surface area contributed by atoms with E-state index in [0.717, 1.165) is 54.0 Å². The maximum Gasteiger partial charge on any atom is 0.405 e. The molecule has 42 heavy (non-hydrogen) atoms. The predicted octanol–water partition coefficient (Wildman–Crippen LogP) is 5.29. The minimum Gasteiger partial charge on any atom is -0.436 e. The zero-order chi connectivity index (χ0) is 29.5. The van der Waals surface area contributed by atoms with E-state index in [-0.39, 0.29) is 5.91 Å². The summed E-state index contributed by atoms with van der Waals surface area (Å²) in [7, 11) is 1.73. The van der Waals surface area contributed by atoms with E-state index in [1.165, 1.54) is 0 Å². The fourth-order valence-electron chi connectivity index (χ4n) is 6.16. The lowest BCUT2D eigenvalue weighted by Gasteiger charge is -2.38. The number of hydrazine groups is 1. The van der Waals surface area contributed by atoms with Crippen LogP contribution in [-0.2, 0) is 21.5 Å². The van der Waals surface area contributed by atoms with E-state index in [1.807, 2.05) is 29.5 Å². The summed E-state index contributed by atoms with van der Waals surface area (Å²) in [4.78, 5) is 29.8. The maximum absolute atomic E-state index is 13.2. The Bertz CT molecular complexity index is 1370. The summed E-state index contributed by atoms with van der Waals surface area (Å²) in [6.45, 7) is 3.72. The Hall–Kier alpha value is -4.43. The molecule has 0 spiro atoms. The molecule has 1 atom stereocenters. The van der Waals surface area contributed by atoms with Crippen LogP contribution in [-0.4, -0.2) is 57.8 Å². The average molecular weight is 566 g/mol. The van der Waals surface area contributed by atoms with Gasteiger partial charge in [0, 0.05) is 25.8 Å². The van der Waals surface area contributed by atoms with Crippen LogP contribution >= 0.6 is 0 Å². The molecule has 8 heteroatoms. The van der Waals surface area contributed by atoms with Crippen molar-refractivity contribution in [3.63, 3.8) is 0 Å². The van der Waals surface area contributed by atoms with E-state index in [9.17, 15) is 9.59 Å². The highest BCUT2D eigenvalue weighted by atomic mass is 16.6. The number of carbonyl (C=O) groups excluding carboxylic acids is 2. The van der Waals surface area contributed by atoms with Gasteiger partial charge in [0.2, 0.25) is 0 Å². The summed E-state index contributed by atoms with van der Waals surface area (Å²) in [6, 6.07) is 31.5. The summed E-state index contributed by atoms with van der Waals surface area (Å²) in [6.07, 6.45) is 3.69. The SMILES string of the molecule is Cc1c(CCCC(OC(N)=O)C(=O)N(C)N2CCCC2)ncn1C(c1ccccc1)(c1ccccc1)c1ccccc1. The Labute approximate surface area is 247 Å². The Balaban J connectivity index is 1.46. The van der Waals surface area contributed by atoms with Crippen LogP contribution in [0.25, 0.3) is 0 Å². The van der Waals surface area contributed by atoms with Crippen molar-refractivity contribution in [2.45, 2.75) is 50.7 Å². The minimum absolute atomic E-state index is 0.255. The van der Waals surface area contributed by atoms with E-state index in [0.29, 0.717) is 19.3 Å². The van der Waals surface area contributed by atoms with E-state index >= 15 is 0 Å². The van der Waals surface area contributed by atoms with Crippen LogP contribution < -0.4 is 5.73 Å². The Kier molecular flexibility index (Phi) is 9.03. The fourth-order valence-corrected chi connectivity index (χ4v) is 6.16. The predicted molar refractivity (Wildman–Crippen MR) is 163 cm³/mol. The van der Waals surface area contributed by atoms with Gasteiger partial charge in [-0.3, -0.25) is 9.80 Å². The molecule has 1 unspecified atom stereocenters. The van der Waals surface area contributed by atoms with E-state index in [2.05, 4.69) is 84.3 Å². The topological polar surface area (TPSA) is 93.7 Å². The smallest absolute Gasteiger partial charge is 0.405 e. The summed E-state index contributed by atoms with van der Waals surface area (Å²) in [5, 5.41) is 3.57. The van der Waals surface area contributed by atoms with Gasteiger partial charge in [-0.25, -0.2) is 14.8 Å². The highest BCUT2D eigenvalue weighted by Gasteiger charge is 2.39. The normalized spacial score (nSPS) is 14.4. The molecule has 2 amide bonds. The second-order valence-corrected chi connectivity index (χ2v) is 10.8. The first-order valence-corrected chi connectivity index (χ1v) is 14.6. The molecule has 1 aliphatic heterocycles. The van der Waals surface area contributed by atoms with Crippen molar-refractivity contribution in [1.29, 1.82) is 0 Å². The highest BCUT2D eigenvalue weighted by molar-refractivity contribution is 5.82. The second-order valence-electron chi connectivity index (χ2n) is 10.8. The Morgan fingerprint density at radius 1 is 0.905 bits per heavy atom. The van der Waals surface area contributed by atoms with Crippen LogP contribution in [0.2, 0.25) is 0 Å². The van der Waals surface area contributed by atoms with Crippen LogP contribution in [0.15, 0.2) is 97.3 Å². The third-order valence-corrected chi connectivity index (χ3v) is 8.28. The van der Waals surface area contributed by atoms with Gasteiger partial charge in [-0.05, 0) is 55.7 Å². The standard InChI is InChI=1S/C34H39N5O3/c1-26-30(21-14-22-31(42-33(35)41)32(40)37(2)38-23-12-13-24-38)36-25-39(26)34(27-15-6-3-7-16-27,28-17-8-4-9-18-28)29-19-10-5-11-20-29/h3-11,15-20,25,31H,12-14,21-24H2,1-2H3,(H2,35,41). The lowest BCUT2D eigenvalue weighted by molar-refractivity contribution is -0.153. The van der Waals surface area contributed by atoms with Gasteiger partial charge in [0.1, 0.15) is 5.54 Å². The molecule has 1 saturated heterocycles. The number of nitrogens with zero attached hydrogens (tertiary/aromatic N) is 4. The highest BCUT2D eigenvalue weighted by Crippen LogP contribution is 2.42. The molecule has 5 rings (SSSR count). The molecule has 1 aromatic heterocycles. The molecular formula is C34H39N5O3. The number of hydrogen-bond donors (Lipinski definition) is 1. The first kappa shape index (κ1) is 29.1. The lowest BCUT2D eigenvalue weighted by atomic mass is 9.76. The van der Waals surface area contributed by atoms with Gasteiger partial charge in [0.05, 0.1) is 12.0 Å². The number of rotatable bonds is 11. The second kappa shape index (κ2) is 13.0. The summed E-state index contributed by atoms with van der Waals surface area (Å²) < 4.78 is 7.55.